The van der Waals surface area contributed by atoms with E-state index in [9.17, 15) is 13.2 Å². The first kappa shape index (κ1) is 20.6. The van der Waals surface area contributed by atoms with Crippen LogP contribution < -0.4 is 10.1 Å². The highest BCUT2D eigenvalue weighted by Crippen LogP contribution is 2.22. The third kappa shape index (κ3) is 5.66. The van der Waals surface area contributed by atoms with Crippen LogP contribution in [0.15, 0.2) is 84.0 Å². The van der Waals surface area contributed by atoms with Gasteiger partial charge in [-0.2, -0.15) is 5.10 Å². The van der Waals surface area contributed by atoms with E-state index in [0.29, 0.717) is 10.7 Å². The summed E-state index contributed by atoms with van der Waals surface area (Å²) in [5.74, 6) is -0.594. The maximum Gasteiger partial charge on any atom is 0.273 e. The first-order valence-electron chi connectivity index (χ1n) is 8.60. The molecule has 0 saturated carbocycles. The summed E-state index contributed by atoms with van der Waals surface area (Å²) in [6.07, 6.45) is 1.00. The Balaban J connectivity index is 1.96. The molecule has 0 radical (unpaired) electrons. The third-order valence-corrected chi connectivity index (χ3v) is 4.71. The minimum absolute atomic E-state index is 0.0622. The number of nitrogens with zero attached hydrogens (tertiary/aromatic N) is 1. The summed E-state index contributed by atoms with van der Waals surface area (Å²) < 4.78 is 25.5. The van der Waals surface area contributed by atoms with E-state index in [1.54, 1.807) is 0 Å². The molecule has 0 aliphatic rings. The van der Waals surface area contributed by atoms with E-state index < -0.39 is 15.9 Å². The number of rotatable bonds is 6. The van der Waals surface area contributed by atoms with Gasteiger partial charge in [0, 0.05) is 16.1 Å². The SMILES string of the molecule is CS(=O)(=O)Nc1ccc(Cl)cc1C(=O)NN=C(c1ccccc1)c1ccccc1. The second-order valence-corrected chi connectivity index (χ2v) is 8.38. The first-order valence-corrected chi connectivity index (χ1v) is 10.9. The number of hydrazone groups is 1. The van der Waals surface area contributed by atoms with Crippen LogP contribution in [-0.4, -0.2) is 26.3 Å². The smallest absolute Gasteiger partial charge is 0.273 e. The monoisotopic (exact) mass is 427 g/mol. The maximum absolute atomic E-state index is 12.8. The average Bonchev–Trinajstić information content (AvgIpc) is 2.70. The molecule has 0 saturated heterocycles. The van der Waals surface area contributed by atoms with Crippen molar-refractivity contribution in [1.82, 2.24) is 5.43 Å². The van der Waals surface area contributed by atoms with Gasteiger partial charge in [0.1, 0.15) is 0 Å². The Bertz CT molecular complexity index is 1110. The van der Waals surface area contributed by atoms with Crippen molar-refractivity contribution in [2.24, 2.45) is 5.10 Å². The van der Waals surface area contributed by atoms with E-state index in [1.807, 2.05) is 60.7 Å². The van der Waals surface area contributed by atoms with E-state index in [4.69, 9.17) is 11.6 Å². The van der Waals surface area contributed by atoms with Crippen LogP contribution in [0, 0.1) is 0 Å². The van der Waals surface area contributed by atoms with Crippen LogP contribution in [0.3, 0.4) is 0 Å². The molecule has 0 fully saturated rings. The highest BCUT2D eigenvalue weighted by molar-refractivity contribution is 7.92. The molecule has 3 aromatic carbocycles. The predicted molar refractivity (Wildman–Crippen MR) is 116 cm³/mol. The summed E-state index contributed by atoms with van der Waals surface area (Å²) in [6.45, 7) is 0. The van der Waals surface area contributed by atoms with Gasteiger partial charge in [0.05, 0.1) is 23.2 Å². The predicted octanol–water partition coefficient (Wildman–Crippen LogP) is 3.89. The lowest BCUT2D eigenvalue weighted by atomic mass is 10.0. The molecule has 1 amide bonds. The zero-order valence-electron chi connectivity index (χ0n) is 15.5. The number of benzene rings is 3. The number of amides is 1. The fourth-order valence-electron chi connectivity index (χ4n) is 2.65. The van der Waals surface area contributed by atoms with Crippen LogP contribution in [0.4, 0.5) is 5.69 Å². The lowest BCUT2D eigenvalue weighted by molar-refractivity contribution is 0.0956. The highest BCUT2D eigenvalue weighted by Gasteiger charge is 2.15. The molecule has 0 atom stereocenters. The van der Waals surface area contributed by atoms with Gasteiger partial charge in [-0.15, -0.1) is 0 Å². The fourth-order valence-corrected chi connectivity index (χ4v) is 3.40. The lowest BCUT2D eigenvalue weighted by Crippen LogP contribution is -2.23. The molecule has 0 aliphatic carbocycles. The first-order chi connectivity index (χ1) is 13.8. The number of hydrogen-bond donors (Lipinski definition) is 2. The number of sulfonamides is 1. The molecule has 29 heavy (non-hydrogen) atoms. The molecule has 148 valence electrons. The highest BCUT2D eigenvalue weighted by atomic mass is 35.5. The minimum Gasteiger partial charge on any atom is -0.283 e. The van der Waals surface area contributed by atoms with E-state index in [0.717, 1.165) is 17.4 Å². The van der Waals surface area contributed by atoms with Gasteiger partial charge in [-0.3, -0.25) is 9.52 Å². The van der Waals surface area contributed by atoms with Crippen molar-refractivity contribution < 1.29 is 13.2 Å². The number of nitrogens with one attached hydrogen (secondary N) is 2. The van der Waals surface area contributed by atoms with E-state index in [2.05, 4.69) is 15.2 Å². The van der Waals surface area contributed by atoms with E-state index >= 15 is 0 Å². The second kappa shape index (κ2) is 8.89. The van der Waals surface area contributed by atoms with Crippen LogP contribution in [0.1, 0.15) is 21.5 Å². The van der Waals surface area contributed by atoms with E-state index in [-0.39, 0.29) is 11.3 Å². The number of carbonyl (C=O) groups excluding carboxylic acids is 1. The van der Waals surface area contributed by atoms with Crippen LogP contribution in [-0.2, 0) is 10.0 Å². The minimum atomic E-state index is -3.57. The van der Waals surface area contributed by atoms with Gasteiger partial charge >= 0.3 is 0 Å². The molecule has 3 rings (SSSR count). The second-order valence-electron chi connectivity index (χ2n) is 6.20. The Morgan fingerprint density at radius 2 is 1.45 bits per heavy atom. The standard InChI is InChI=1S/C21H18ClN3O3S/c1-29(27,28)25-19-13-12-17(22)14-18(19)21(26)24-23-20(15-8-4-2-5-9-15)16-10-6-3-7-11-16/h2-14,25H,1H3,(H,24,26). The molecule has 3 aromatic rings. The summed E-state index contributed by atoms with van der Waals surface area (Å²) in [7, 11) is -3.57. The van der Waals surface area contributed by atoms with Gasteiger partial charge in [-0.05, 0) is 18.2 Å². The van der Waals surface area contributed by atoms with Crippen LogP contribution in [0.5, 0.6) is 0 Å². The molecule has 0 bridgehead atoms. The molecule has 0 aromatic heterocycles. The topological polar surface area (TPSA) is 87.6 Å². The molecule has 2 N–H and O–H groups in total. The zero-order valence-corrected chi connectivity index (χ0v) is 17.0. The molecule has 0 aliphatic heterocycles. The molecular formula is C21H18ClN3O3S. The quantitative estimate of drug-likeness (QED) is 0.462. The molecule has 6 nitrogen and oxygen atoms in total. The summed E-state index contributed by atoms with van der Waals surface area (Å²) in [5.41, 5.74) is 4.89. The maximum atomic E-state index is 12.8. The largest absolute Gasteiger partial charge is 0.283 e. The van der Waals surface area contributed by atoms with Crippen molar-refractivity contribution in [2.45, 2.75) is 0 Å². The van der Waals surface area contributed by atoms with E-state index in [1.165, 1.54) is 18.2 Å². The fraction of sp³-hybridized carbons (Fsp3) is 0.0476. The van der Waals surface area contributed by atoms with Crippen molar-refractivity contribution in [1.29, 1.82) is 0 Å². The average molecular weight is 428 g/mol. The Morgan fingerprint density at radius 1 is 0.897 bits per heavy atom. The molecule has 0 unspecified atom stereocenters. The number of hydrogen-bond acceptors (Lipinski definition) is 4. The van der Waals surface area contributed by atoms with Gasteiger partial charge in [-0.1, -0.05) is 72.3 Å². The van der Waals surface area contributed by atoms with Crippen molar-refractivity contribution in [2.75, 3.05) is 11.0 Å². The number of halogens is 1. The number of carbonyl (C=O) groups is 1. The summed E-state index contributed by atoms with van der Waals surface area (Å²) in [5, 5.41) is 4.60. The Hall–Kier alpha value is -3.16. The van der Waals surface area contributed by atoms with Crippen LogP contribution in [0.2, 0.25) is 5.02 Å². The summed E-state index contributed by atoms with van der Waals surface area (Å²) >= 11 is 5.99. The number of anilines is 1. The Morgan fingerprint density at radius 3 is 1.97 bits per heavy atom. The molecule has 8 heteroatoms. The van der Waals surface area contributed by atoms with Crippen molar-refractivity contribution in [3.05, 3.63) is 101 Å². The Labute approximate surface area is 174 Å². The van der Waals surface area contributed by atoms with Crippen LogP contribution >= 0.6 is 11.6 Å². The van der Waals surface area contributed by atoms with Crippen molar-refractivity contribution >= 4 is 38.9 Å². The normalized spacial score (nSPS) is 10.8. The molecular weight excluding hydrogens is 410 g/mol. The lowest BCUT2D eigenvalue weighted by Gasteiger charge is -2.11. The van der Waals surface area contributed by atoms with Crippen molar-refractivity contribution in [3.63, 3.8) is 0 Å². The third-order valence-electron chi connectivity index (χ3n) is 3.89. The van der Waals surface area contributed by atoms with Gasteiger partial charge in [0.2, 0.25) is 10.0 Å². The van der Waals surface area contributed by atoms with Gasteiger partial charge in [0.15, 0.2) is 0 Å². The molecule has 0 heterocycles. The van der Waals surface area contributed by atoms with Gasteiger partial charge in [-0.25, -0.2) is 13.8 Å². The van der Waals surface area contributed by atoms with Crippen molar-refractivity contribution in [3.8, 4) is 0 Å². The summed E-state index contributed by atoms with van der Waals surface area (Å²) in [4.78, 5) is 12.8. The van der Waals surface area contributed by atoms with Gasteiger partial charge in [0.25, 0.3) is 5.91 Å². The summed E-state index contributed by atoms with van der Waals surface area (Å²) in [6, 6.07) is 23.1. The molecule has 0 spiro atoms. The Kier molecular flexibility index (Phi) is 6.31. The zero-order chi connectivity index (χ0) is 20.9. The van der Waals surface area contributed by atoms with Gasteiger partial charge < -0.3 is 0 Å². The van der Waals surface area contributed by atoms with Crippen LogP contribution in [0.25, 0.3) is 0 Å².